The van der Waals surface area contributed by atoms with Crippen molar-refractivity contribution in [1.82, 2.24) is 14.5 Å². The van der Waals surface area contributed by atoms with Crippen molar-refractivity contribution in [3.05, 3.63) is 112 Å². The molecule has 3 heterocycles. The largest absolute Gasteiger partial charge is 0.361 e. The summed E-state index contributed by atoms with van der Waals surface area (Å²) in [5.74, 6) is 0.768. The van der Waals surface area contributed by atoms with Gasteiger partial charge in [0, 0.05) is 23.2 Å². The Morgan fingerprint density at radius 1 is 0.969 bits per heavy atom. The van der Waals surface area contributed by atoms with Crippen LogP contribution in [-0.4, -0.2) is 14.5 Å². The number of rotatable bonds is 6. The molecule has 158 valence electrons. The van der Waals surface area contributed by atoms with E-state index in [0.29, 0.717) is 6.54 Å². The second-order valence-electron chi connectivity index (χ2n) is 7.72. The third-order valence-corrected chi connectivity index (χ3v) is 6.41. The minimum absolute atomic E-state index is 0.0288. The zero-order valence-corrected chi connectivity index (χ0v) is 18.4. The van der Waals surface area contributed by atoms with Gasteiger partial charge in [-0.05, 0) is 24.1 Å². The standard InChI is InChI=1S/C26H22N4OS/c1-18-10-12-19(13-11-18)21-16-32-26-24(21)25(27-17-28-26)29-22(20-7-3-2-4-8-20)15-30-14-6-5-9-23(30)31/h2-14,16-17,22H,15H2,1H3,(H,27,28,29). The molecule has 32 heavy (non-hydrogen) atoms. The minimum Gasteiger partial charge on any atom is -0.361 e. The average molecular weight is 439 g/mol. The molecule has 0 amide bonds. The van der Waals surface area contributed by atoms with Crippen LogP contribution in [0, 0.1) is 6.92 Å². The molecule has 1 atom stereocenters. The number of hydrogen-bond donors (Lipinski definition) is 1. The number of fused-ring (bicyclic) bond motifs is 1. The number of pyridine rings is 1. The van der Waals surface area contributed by atoms with Crippen LogP contribution in [0.15, 0.2) is 95.5 Å². The molecule has 1 unspecified atom stereocenters. The normalized spacial score (nSPS) is 12.0. The summed E-state index contributed by atoms with van der Waals surface area (Å²) in [7, 11) is 0. The van der Waals surface area contributed by atoms with E-state index >= 15 is 0 Å². The van der Waals surface area contributed by atoms with E-state index in [4.69, 9.17) is 0 Å². The molecule has 0 fully saturated rings. The first kappa shape index (κ1) is 20.2. The number of thiophene rings is 1. The Balaban J connectivity index is 1.58. The lowest BCUT2D eigenvalue weighted by Gasteiger charge is -2.21. The van der Waals surface area contributed by atoms with Gasteiger partial charge in [0.1, 0.15) is 17.0 Å². The van der Waals surface area contributed by atoms with Crippen molar-refractivity contribution in [2.75, 3.05) is 5.32 Å². The van der Waals surface area contributed by atoms with Gasteiger partial charge in [0.15, 0.2) is 0 Å². The maximum atomic E-state index is 12.4. The van der Waals surface area contributed by atoms with Crippen LogP contribution in [-0.2, 0) is 6.54 Å². The van der Waals surface area contributed by atoms with Gasteiger partial charge in [0.25, 0.3) is 5.56 Å². The molecule has 0 aliphatic rings. The van der Waals surface area contributed by atoms with Gasteiger partial charge >= 0.3 is 0 Å². The highest BCUT2D eigenvalue weighted by atomic mass is 32.1. The van der Waals surface area contributed by atoms with E-state index in [-0.39, 0.29) is 11.6 Å². The zero-order chi connectivity index (χ0) is 21.9. The van der Waals surface area contributed by atoms with E-state index in [9.17, 15) is 4.79 Å². The number of benzene rings is 2. The highest BCUT2D eigenvalue weighted by Gasteiger charge is 2.18. The molecule has 0 spiro atoms. The van der Waals surface area contributed by atoms with Crippen LogP contribution in [0.4, 0.5) is 5.82 Å². The van der Waals surface area contributed by atoms with Crippen LogP contribution in [0.5, 0.6) is 0 Å². The van der Waals surface area contributed by atoms with Crippen molar-refractivity contribution in [3.8, 4) is 11.1 Å². The van der Waals surface area contributed by atoms with Crippen LogP contribution in [0.25, 0.3) is 21.3 Å². The van der Waals surface area contributed by atoms with Gasteiger partial charge in [-0.3, -0.25) is 4.79 Å². The van der Waals surface area contributed by atoms with Gasteiger partial charge < -0.3 is 9.88 Å². The van der Waals surface area contributed by atoms with Crippen LogP contribution in [0.2, 0.25) is 0 Å². The van der Waals surface area contributed by atoms with Crippen molar-refractivity contribution in [3.63, 3.8) is 0 Å². The third-order valence-electron chi connectivity index (χ3n) is 5.52. The van der Waals surface area contributed by atoms with Gasteiger partial charge in [-0.15, -0.1) is 11.3 Å². The first-order valence-electron chi connectivity index (χ1n) is 10.5. The fourth-order valence-corrected chi connectivity index (χ4v) is 4.74. The summed E-state index contributed by atoms with van der Waals surface area (Å²) in [6.07, 6.45) is 3.41. The summed E-state index contributed by atoms with van der Waals surface area (Å²) < 4.78 is 1.72. The molecule has 0 radical (unpaired) electrons. The fraction of sp³-hybridized carbons (Fsp3) is 0.115. The van der Waals surface area contributed by atoms with E-state index in [1.807, 2.05) is 30.5 Å². The second-order valence-corrected chi connectivity index (χ2v) is 8.57. The van der Waals surface area contributed by atoms with Crippen LogP contribution >= 0.6 is 11.3 Å². The smallest absolute Gasteiger partial charge is 0.250 e. The molecule has 0 saturated carbocycles. The molecular weight excluding hydrogens is 416 g/mol. The minimum atomic E-state index is -0.139. The first-order valence-corrected chi connectivity index (χ1v) is 11.3. The van der Waals surface area contributed by atoms with E-state index in [1.165, 1.54) is 5.56 Å². The number of nitrogens with zero attached hydrogens (tertiary/aromatic N) is 3. The molecule has 3 aromatic heterocycles. The predicted molar refractivity (Wildman–Crippen MR) is 131 cm³/mol. The third kappa shape index (κ3) is 4.05. The van der Waals surface area contributed by atoms with E-state index in [1.54, 1.807) is 34.4 Å². The molecule has 5 aromatic rings. The topological polar surface area (TPSA) is 59.8 Å². The Labute approximate surface area is 190 Å². The number of aromatic nitrogens is 3. The van der Waals surface area contributed by atoms with Gasteiger partial charge in [0.05, 0.1) is 18.0 Å². The summed E-state index contributed by atoms with van der Waals surface area (Å²) >= 11 is 1.61. The quantitative estimate of drug-likeness (QED) is 0.370. The van der Waals surface area contributed by atoms with E-state index in [2.05, 4.69) is 64.0 Å². The summed E-state index contributed by atoms with van der Waals surface area (Å²) in [5.41, 5.74) is 4.52. The molecule has 1 N–H and O–H groups in total. The highest BCUT2D eigenvalue weighted by molar-refractivity contribution is 7.17. The van der Waals surface area contributed by atoms with Crippen LogP contribution in [0.3, 0.4) is 0 Å². The van der Waals surface area contributed by atoms with Gasteiger partial charge in [-0.25, -0.2) is 9.97 Å². The van der Waals surface area contributed by atoms with Gasteiger partial charge in [-0.2, -0.15) is 0 Å². The van der Waals surface area contributed by atoms with Gasteiger partial charge in [0.2, 0.25) is 0 Å². The molecule has 6 heteroatoms. The van der Waals surface area contributed by atoms with E-state index < -0.39 is 0 Å². The average Bonchev–Trinajstić information content (AvgIpc) is 3.26. The molecule has 0 aliphatic heterocycles. The Kier molecular flexibility index (Phi) is 5.52. The molecule has 0 saturated heterocycles. The highest BCUT2D eigenvalue weighted by Crippen LogP contribution is 2.37. The second kappa shape index (κ2) is 8.77. The maximum Gasteiger partial charge on any atom is 0.250 e. The van der Waals surface area contributed by atoms with Crippen molar-refractivity contribution < 1.29 is 0 Å². The van der Waals surface area contributed by atoms with E-state index in [0.717, 1.165) is 32.7 Å². The van der Waals surface area contributed by atoms with Crippen molar-refractivity contribution >= 4 is 27.4 Å². The first-order chi connectivity index (χ1) is 15.7. The zero-order valence-electron chi connectivity index (χ0n) is 17.6. The summed E-state index contributed by atoms with van der Waals surface area (Å²) in [4.78, 5) is 22.4. The van der Waals surface area contributed by atoms with Gasteiger partial charge in [-0.1, -0.05) is 66.2 Å². The molecule has 2 aromatic carbocycles. The Bertz CT molecular complexity index is 1410. The van der Waals surface area contributed by atoms with Crippen molar-refractivity contribution in [2.45, 2.75) is 19.5 Å². The summed E-state index contributed by atoms with van der Waals surface area (Å²) in [5, 5.41) is 6.75. The number of hydrogen-bond acceptors (Lipinski definition) is 5. The van der Waals surface area contributed by atoms with Crippen molar-refractivity contribution in [1.29, 1.82) is 0 Å². The van der Waals surface area contributed by atoms with Crippen LogP contribution in [0.1, 0.15) is 17.2 Å². The number of nitrogens with one attached hydrogen (secondary N) is 1. The Hall–Kier alpha value is -3.77. The Morgan fingerprint density at radius 3 is 2.53 bits per heavy atom. The fourth-order valence-electron chi connectivity index (χ4n) is 3.82. The Morgan fingerprint density at radius 2 is 1.75 bits per heavy atom. The molecule has 0 bridgehead atoms. The lowest BCUT2D eigenvalue weighted by atomic mass is 10.0. The lowest BCUT2D eigenvalue weighted by molar-refractivity contribution is 0.589. The van der Waals surface area contributed by atoms with Crippen molar-refractivity contribution in [2.24, 2.45) is 0 Å². The monoisotopic (exact) mass is 438 g/mol. The maximum absolute atomic E-state index is 12.4. The summed E-state index contributed by atoms with van der Waals surface area (Å²) in [6.45, 7) is 2.57. The SMILES string of the molecule is Cc1ccc(-c2csc3ncnc(NC(Cn4ccccc4=O)c4ccccc4)c23)cc1. The molecule has 0 aliphatic carbocycles. The lowest BCUT2D eigenvalue weighted by Crippen LogP contribution is -2.25. The molecule has 5 rings (SSSR count). The number of aryl methyl sites for hydroxylation is 1. The predicted octanol–water partition coefficient (Wildman–Crippen LogP) is 5.68. The summed E-state index contributed by atoms with van der Waals surface area (Å²) in [6, 6.07) is 23.7. The molecule has 5 nitrogen and oxygen atoms in total. The van der Waals surface area contributed by atoms with Crippen LogP contribution < -0.4 is 10.9 Å². The number of anilines is 1. The molecular formula is C26H22N4OS.